The third kappa shape index (κ3) is 4.47. The maximum atomic E-state index is 11.4. The van der Waals surface area contributed by atoms with Crippen molar-refractivity contribution in [3.63, 3.8) is 0 Å². The predicted octanol–water partition coefficient (Wildman–Crippen LogP) is 4.16. The number of hydrogen-bond acceptors (Lipinski definition) is 6. The van der Waals surface area contributed by atoms with Gasteiger partial charge in [-0.3, -0.25) is 15.1 Å². The molecule has 0 bridgehead atoms. The first-order valence-corrected chi connectivity index (χ1v) is 7.88. The largest absolute Gasteiger partial charge is 0.508 e. The second-order valence-electron chi connectivity index (χ2n) is 5.22. The van der Waals surface area contributed by atoms with Crippen LogP contribution in [0.2, 0.25) is 0 Å². The van der Waals surface area contributed by atoms with E-state index in [-0.39, 0.29) is 17.2 Å². The van der Waals surface area contributed by atoms with Crippen molar-refractivity contribution in [1.29, 1.82) is 0 Å². The van der Waals surface area contributed by atoms with Crippen LogP contribution in [0.5, 0.6) is 17.2 Å². The summed E-state index contributed by atoms with van der Waals surface area (Å²) >= 11 is 0. The first kappa shape index (κ1) is 18.3. The van der Waals surface area contributed by atoms with E-state index < -0.39 is 4.92 Å². The zero-order valence-corrected chi connectivity index (χ0v) is 14.4. The highest BCUT2D eigenvalue weighted by atomic mass is 16.6. The van der Waals surface area contributed by atoms with E-state index in [1.807, 2.05) is 6.92 Å². The first-order chi connectivity index (χ1) is 12.0. The minimum absolute atomic E-state index is 0.118. The summed E-state index contributed by atoms with van der Waals surface area (Å²) in [5.74, 6) is 0.585. The van der Waals surface area contributed by atoms with Gasteiger partial charge in [0.25, 0.3) is 0 Å². The Hall–Kier alpha value is -3.09. The number of nitro benzene ring substituents is 1. The molecule has 25 heavy (non-hydrogen) atoms. The van der Waals surface area contributed by atoms with Crippen LogP contribution >= 0.6 is 0 Å². The molecule has 7 heteroatoms. The number of aryl methyl sites for hydroxylation is 1. The molecule has 2 aromatic rings. The number of ether oxygens (including phenoxy) is 2. The van der Waals surface area contributed by atoms with Gasteiger partial charge in [-0.2, -0.15) is 0 Å². The average Bonchev–Trinajstić information content (AvgIpc) is 2.56. The second-order valence-corrected chi connectivity index (χ2v) is 5.22. The molecule has 0 aliphatic rings. The molecule has 0 saturated carbocycles. The Balaban J connectivity index is 2.46. The molecule has 0 atom stereocenters. The number of hydrogen-bond donors (Lipinski definition) is 1. The average molecular weight is 344 g/mol. The molecular weight excluding hydrogens is 324 g/mol. The maximum Gasteiger partial charge on any atom is 0.315 e. The molecule has 0 unspecified atom stereocenters. The van der Waals surface area contributed by atoms with Gasteiger partial charge in [0.05, 0.1) is 23.8 Å². The number of aliphatic imine (C=N–C) groups is 1. The van der Waals surface area contributed by atoms with Crippen LogP contribution < -0.4 is 9.47 Å². The predicted molar refractivity (Wildman–Crippen MR) is 95.5 cm³/mol. The van der Waals surface area contributed by atoms with Crippen molar-refractivity contribution in [2.45, 2.75) is 20.8 Å². The van der Waals surface area contributed by atoms with Crippen LogP contribution in [-0.2, 0) is 0 Å². The van der Waals surface area contributed by atoms with Gasteiger partial charge in [0.15, 0.2) is 5.75 Å². The van der Waals surface area contributed by atoms with Gasteiger partial charge < -0.3 is 14.6 Å². The molecule has 1 N–H and O–H groups in total. The van der Waals surface area contributed by atoms with E-state index in [2.05, 4.69) is 4.99 Å². The fourth-order valence-corrected chi connectivity index (χ4v) is 2.30. The molecule has 0 fully saturated rings. The zero-order valence-electron chi connectivity index (χ0n) is 14.4. The Labute approximate surface area is 145 Å². The van der Waals surface area contributed by atoms with Crippen molar-refractivity contribution in [2.24, 2.45) is 4.99 Å². The fourth-order valence-electron chi connectivity index (χ4n) is 2.30. The molecular formula is C18H20N2O5. The molecule has 2 rings (SSSR count). The minimum Gasteiger partial charge on any atom is -0.508 e. The lowest BCUT2D eigenvalue weighted by Crippen LogP contribution is -2.03. The van der Waals surface area contributed by atoms with E-state index in [0.717, 1.165) is 5.56 Å². The van der Waals surface area contributed by atoms with Gasteiger partial charge in [-0.1, -0.05) is 0 Å². The Bertz CT molecular complexity index is 802. The van der Waals surface area contributed by atoms with Crippen molar-refractivity contribution in [3.05, 3.63) is 51.6 Å². The van der Waals surface area contributed by atoms with Gasteiger partial charge in [-0.15, -0.1) is 0 Å². The summed E-state index contributed by atoms with van der Waals surface area (Å²) in [4.78, 5) is 15.2. The van der Waals surface area contributed by atoms with E-state index in [1.54, 1.807) is 32.0 Å². The van der Waals surface area contributed by atoms with E-state index in [1.165, 1.54) is 18.3 Å². The number of benzene rings is 2. The summed E-state index contributed by atoms with van der Waals surface area (Å²) in [5, 5.41) is 20.8. The lowest BCUT2D eigenvalue weighted by Gasteiger charge is -2.11. The number of nitrogens with zero attached hydrogens (tertiary/aromatic N) is 2. The highest BCUT2D eigenvalue weighted by molar-refractivity contribution is 5.85. The molecule has 0 aliphatic carbocycles. The summed E-state index contributed by atoms with van der Waals surface area (Å²) in [6, 6.07) is 7.85. The topological polar surface area (TPSA) is 94.2 Å². The quantitative estimate of drug-likeness (QED) is 0.462. The molecule has 0 heterocycles. The third-order valence-electron chi connectivity index (χ3n) is 3.38. The molecule has 0 saturated heterocycles. The monoisotopic (exact) mass is 344 g/mol. The lowest BCUT2D eigenvalue weighted by molar-refractivity contribution is -0.385. The first-order valence-electron chi connectivity index (χ1n) is 7.88. The van der Waals surface area contributed by atoms with Crippen LogP contribution in [0.25, 0.3) is 0 Å². The van der Waals surface area contributed by atoms with Crippen molar-refractivity contribution < 1.29 is 19.5 Å². The van der Waals surface area contributed by atoms with Gasteiger partial charge >= 0.3 is 5.69 Å². The van der Waals surface area contributed by atoms with Crippen LogP contribution in [0, 0.1) is 17.0 Å². The van der Waals surface area contributed by atoms with Crippen molar-refractivity contribution in [2.75, 3.05) is 13.2 Å². The summed E-state index contributed by atoms with van der Waals surface area (Å²) in [6.07, 6.45) is 1.52. The summed E-state index contributed by atoms with van der Waals surface area (Å²) in [7, 11) is 0. The van der Waals surface area contributed by atoms with Crippen LogP contribution in [0.4, 0.5) is 11.4 Å². The molecule has 0 aliphatic heterocycles. The second kappa shape index (κ2) is 8.14. The number of phenols is 1. The van der Waals surface area contributed by atoms with Gasteiger partial charge in [0.1, 0.15) is 5.75 Å². The van der Waals surface area contributed by atoms with Crippen molar-refractivity contribution in [1.82, 2.24) is 0 Å². The molecule has 7 nitrogen and oxygen atoms in total. The number of phenolic OH excluding ortho intramolecular Hbond substituents is 1. The number of aromatic hydroxyl groups is 1. The molecule has 0 spiro atoms. The maximum absolute atomic E-state index is 11.4. The summed E-state index contributed by atoms with van der Waals surface area (Å²) in [6.45, 7) is 6.01. The van der Waals surface area contributed by atoms with Crippen LogP contribution in [0.3, 0.4) is 0 Å². The Morgan fingerprint density at radius 3 is 2.52 bits per heavy atom. The lowest BCUT2D eigenvalue weighted by atomic mass is 10.1. The SMILES string of the molecule is CCOc1cc(C=Nc2ccc(O)cc2C)cc([N+](=O)[O-])c1OCC. The highest BCUT2D eigenvalue weighted by Crippen LogP contribution is 2.38. The molecule has 0 aromatic heterocycles. The van der Waals surface area contributed by atoms with Crippen LogP contribution in [0.1, 0.15) is 25.0 Å². The van der Waals surface area contributed by atoms with E-state index in [9.17, 15) is 15.2 Å². The van der Waals surface area contributed by atoms with Crippen LogP contribution in [-0.4, -0.2) is 29.5 Å². The normalized spacial score (nSPS) is 10.8. The zero-order chi connectivity index (χ0) is 18.4. The number of nitro groups is 1. The molecule has 0 radical (unpaired) electrons. The highest BCUT2D eigenvalue weighted by Gasteiger charge is 2.22. The van der Waals surface area contributed by atoms with Gasteiger partial charge in [0.2, 0.25) is 5.75 Å². The third-order valence-corrected chi connectivity index (χ3v) is 3.38. The van der Waals surface area contributed by atoms with Gasteiger partial charge in [-0.25, -0.2) is 0 Å². The Morgan fingerprint density at radius 1 is 1.20 bits per heavy atom. The fraction of sp³-hybridized carbons (Fsp3) is 0.278. The summed E-state index contributed by atoms with van der Waals surface area (Å²) < 4.78 is 10.9. The number of rotatable bonds is 7. The van der Waals surface area contributed by atoms with E-state index in [4.69, 9.17) is 9.47 Å². The van der Waals surface area contributed by atoms with E-state index >= 15 is 0 Å². The van der Waals surface area contributed by atoms with Crippen LogP contribution in [0.15, 0.2) is 35.3 Å². The van der Waals surface area contributed by atoms with Gasteiger partial charge in [-0.05, 0) is 50.6 Å². The summed E-state index contributed by atoms with van der Waals surface area (Å²) in [5.41, 5.74) is 1.80. The Morgan fingerprint density at radius 2 is 1.92 bits per heavy atom. The van der Waals surface area contributed by atoms with E-state index in [0.29, 0.717) is 30.2 Å². The standard InChI is InChI=1S/C18H20N2O5/c1-4-24-17-10-13(9-16(20(22)23)18(17)25-5-2)11-19-15-7-6-14(21)8-12(15)3/h6-11,21H,4-5H2,1-3H3. The van der Waals surface area contributed by atoms with Crippen molar-refractivity contribution in [3.8, 4) is 17.2 Å². The van der Waals surface area contributed by atoms with Gasteiger partial charge in [0, 0.05) is 17.8 Å². The smallest absolute Gasteiger partial charge is 0.315 e. The van der Waals surface area contributed by atoms with Crippen molar-refractivity contribution >= 4 is 17.6 Å². The minimum atomic E-state index is -0.503. The molecule has 2 aromatic carbocycles. The molecule has 132 valence electrons. The molecule has 0 amide bonds. The Kier molecular flexibility index (Phi) is 5.94.